The fourth-order valence-corrected chi connectivity index (χ4v) is 1.07. The topological polar surface area (TPSA) is 62.2 Å². The smallest absolute Gasteiger partial charge is 0.270 e. The standard InChI is InChI=1S/C9H9ClF2N2O2/c10-5-1-2-13-6(3-5)9(16)14-4-7(15)8(11)12/h1-3,7-8,15H,4H2,(H,14,16). The number of nitrogens with zero attached hydrogens (tertiary/aromatic N) is 1. The molecule has 0 aliphatic carbocycles. The molecule has 0 aliphatic heterocycles. The number of aliphatic hydroxyl groups excluding tert-OH is 1. The predicted molar refractivity (Wildman–Crippen MR) is 53.6 cm³/mol. The summed E-state index contributed by atoms with van der Waals surface area (Å²) in [6.07, 6.45) is -3.46. The van der Waals surface area contributed by atoms with E-state index in [1.165, 1.54) is 18.3 Å². The van der Waals surface area contributed by atoms with E-state index < -0.39 is 25.0 Å². The first kappa shape index (κ1) is 12.8. The molecular formula is C9H9ClF2N2O2. The molecule has 0 saturated carbocycles. The quantitative estimate of drug-likeness (QED) is 0.841. The van der Waals surface area contributed by atoms with Gasteiger partial charge in [0, 0.05) is 17.8 Å². The molecule has 0 spiro atoms. The van der Waals surface area contributed by atoms with Crippen molar-refractivity contribution in [1.29, 1.82) is 0 Å². The second-order valence-corrected chi connectivity index (χ2v) is 3.41. The van der Waals surface area contributed by atoms with Crippen molar-refractivity contribution in [3.05, 3.63) is 29.0 Å². The number of aromatic nitrogens is 1. The molecule has 0 aliphatic rings. The van der Waals surface area contributed by atoms with E-state index in [1.54, 1.807) is 0 Å². The van der Waals surface area contributed by atoms with Gasteiger partial charge in [-0.05, 0) is 12.1 Å². The first-order valence-electron chi connectivity index (χ1n) is 4.36. The van der Waals surface area contributed by atoms with Crippen LogP contribution in [0.4, 0.5) is 8.78 Å². The first-order chi connectivity index (χ1) is 7.50. The van der Waals surface area contributed by atoms with Gasteiger partial charge >= 0.3 is 0 Å². The molecule has 1 rings (SSSR count). The van der Waals surface area contributed by atoms with Gasteiger partial charge in [-0.3, -0.25) is 9.78 Å². The predicted octanol–water partition coefficient (Wildman–Crippen LogP) is 1.09. The molecule has 7 heteroatoms. The van der Waals surface area contributed by atoms with E-state index in [0.29, 0.717) is 5.02 Å². The minimum absolute atomic E-state index is 0.00830. The number of hydrogen-bond donors (Lipinski definition) is 2. The summed E-state index contributed by atoms with van der Waals surface area (Å²) in [4.78, 5) is 15.0. The maximum absolute atomic E-state index is 11.9. The zero-order chi connectivity index (χ0) is 12.1. The zero-order valence-electron chi connectivity index (χ0n) is 8.03. The number of alkyl halides is 2. The lowest BCUT2D eigenvalue weighted by molar-refractivity contribution is -0.00272. The van der Waals surface area contributed by atoms with Gasteiger partial charge < -0.3 is 10.4 Å². The number of aliphatic hydroxyl groups is 1. The Morgan fingerprint density at radius 2 is 2.31 bits per heavy atom. The molecule has 1 amide bonds. The van der Waals surface area contributed by atoms with Crippen LogP contribution in [0.5, 0.6) is 0 Å². The van der Waals surface area contributed by atoms with Crippen molar-refractivity contribution in [1.82, 2.24) is 10.3 Å². The Morgan fingerprint density at radius 1 is 1.62 bits per heavy atom. The number of rotatable bonds is 4. The van der Waals surface area contributed by atoms with Gasteiger partial charge in [0.2, 0.25) is 0 Å². The molecule has 0 radical (unpaired) electrons. The van der Waals surface area contributed by atoms with Gasteiger partial charge in [0.05, 0.1) is 0 Å². The summed E-state index contributed by atoms with van der Waals surface area (Å²) >= 11 is 5.61. The Labute approximate surface area is 95.3 Å². The van der Waals surface area contributed by atoms with Crippen LogP contribution in [0.2, 0.25) is 5.02 Å². The van der Waals surface area contributed by atoms with Crippen LogP contribution in [0, 0.1) is 0 Å². The molecule has 0 saturated heterocycles. The minimum atomic E-state index is -2.90. The van der Waals surface area contributed by atoms with E-state index in [9.17, 15) is 13.6 Å². The molecule has 16 heavy (non-hydrogen) atoms. The number of pyridine rings is 1. The fourth-order valence-electron chi connectivity index (χ4n) is 0.906. The summed E-state index contributed by atoms with van der Waals surface area (Å²) in [5.74, 6) is -0.665. The summed E-state index contributed by atoms with van der Waals surface area (Å²) in [7, 11) is 0. The van der Waals surface area contributed by atoms with Gasteiger partial charge in [0.25, 0.3) is 12.3 Å². The molecule has 1 aromatic heterocycles. The Balaban J connectivity index is 2.53. The third kappa shape index (κ3) is 3.71. The van der Waals surface area contributed by atoms with E-state index in [2.05, 4.69) is 10.3 Å². The molecule has 0 aromatic carbocycles. The van der Waals surface area contributed by atoms with Crippen molar-refractivity contribution in [2.45, 2.75) is 12.5 Å². The molecule has 88 valence electrons. The number of halogens is 3. The fraction of sp³-hybridized carbons (Fsp3) is 0.333. The highest BCUT2D eigenvalue weighted by molar-refractivity contribution is 6.30. The zero-order valence-corrected chi connectivity index (χ0v) is 8.79. The highest BCUT2D eigenvalue weighted by Gasteiger charge is 2.18. The van der Waals surface area contributed by atoms with Gasteiger partial charge in [-0.1, -0.05) is 11.6 Å². The van der Waals surface area contributed by atoms with Crippen LogP contribution in [-0.4, -0.2) is 35.1 Å². The summed E-state index contributed by atoms with van der Waals surface area (Å²) in [5.41, 5.74) is 0.00830. The van der Waals surface area contributed by atoms with Gasteiger partial charge in [-0.2, -0.15) is 0 Å². The highest BCUT2D eigenvalue weighted by atomic mass is 35.5. The maximum atomic E-state index is 11.9. The van der Waals surface area contributed by atoms with E-state index >= 15 is 0 Å². The number of carbonyl (C=O) groups excluding carboxylic acids is 1. The molecule has 0 fully saturated rings. The highest BCUT2D eigenvalue weighted by Crippen LogP contribution is 2.07. The number of nitrogens with one attached hydrogen (secondary N) is 1. The average molecular weight is 251 g/mol. The van der Waals surface area contributed by atoms with Gasteiger partial charge in [-0.15, -0.1) is 0 Å². The number of hydrogen-bond acceptors (Lipinski definition) is 3. The van der Waals surface area contributed by atoms with Gasteiger partial charge in [0.15, 0.2) is 0 Å². The van der Waals surface area contributed by atoms with Crippen LogP contribution in [-0.2, 0) is 0 Å². The normalized spacial score (nSPS) is 12.6. The van der Waals surface area contributed by atoms with E-state index in [0.717, 1.165) is 0 Å². The van der Waals surface area contributed by atoms with Crippen molar-refractivity contribution in [2.75, 3.05) is 6.54 Å². The van der Waals surface area contributed by atoms with Crippen LogP contribution in [0.3, 0.4) is 0 Å². The van der Waals surface area contributed by atoms with E-state index in [-0.39, 0.29) is 5.69 Å². The van der Waals surface area contributed by atoms with Crippen molar-refractivity contribution in [3.8, 4) is 0 Å². The first-order valence-corrected chi connectivity index (χ1v) is 4.74. The Hall–Kier alpha value is -1.27. The maximum Gasteiger partial charge on any atom is 0.270 e. The van der Waals surface area contributed by atoms with Gasteiger partial charge in [0.1, 0.15) is 11.8 Å². The molecule has 0 bridgehead atoms. The van der Waals surface area contributed by atoms with Crippen molar-refractivity contribution in [3.63, 3.8) is 0 Å². The van der Waals surface area contributed by atoms with Crippen molar-refractivity contribution in [2.24, 2.45) is 0 Å². The summed E-state index contributed by atoms with van der Waals surface area (Å²) < 4.78 is 23.8. The molecule has 1 unspecified atom stereocenters. The third-order valence-corrected chi connectivity index (χ3v) is 1.95. The minimum Gasteiger partial charge on any atom is -0.385 e. The lowest BCUT2D eigenvalue weighted by Crippen LogP contribution is -2.36. The van der Waals surface area contributed by atoms with Crippen LogP contribution in [0.15, 0.2) is 18.3 Å². The van der Waals surface area contributed by atoms with E-state index in [1.807, 2.05) is 0 Å². The third-order valence-electron chi connectivity index (χ3n) is 1.72. The summed E-state index contributed by atoms with van der Waals surface area (Å²) in [6.45, 7) is -0.537. The Bertz CT molecular complexity index is 376. The van der Waals surface area contributed by atoms with Crippen LogP contribution < -0.4 is 5.32 Å². The summed E-state index contributed by atoms with van der Waals surface area (Å²) in [6, 6.07) is 2.78. The Kier molecular flexibility index (Phi) is 4.57. The molecular weight excluding hydrogens is 242 g/mol. The average Bonchev–Trinajstić information content (AvgIpc) is 2.25. The van der Waals surface area contributed by atoms with Crippen LogP contribution in [0.25, 0.3) is 0 Å². The molecule has 1 heterocycles. The molecule has 1 aromatic rings. The number of carbonyl (C=O) groups is 1. The van der Waals surface area contributed by atoms with Crippen molar-refractivity contribution >= 4 is 17.5 Å². The SMILES string of the molecule is O=C(NCC(O)C(F)F)c1cc(Cl)ccn1. The second kappa shape index (κ2) is 5.72. The second-order valence-electron chi connectivity index (χ2n) is 2.97. The molecule has 1 atom stereocenters. The number of amides is 1. The Morgan fingerprint density at radius 3 is 2.88 bits per heavy atom. The monoisotopic (exact) mass is 250 g/mol. The lowest BCUT2D eigenvalue weighted by Gasteiger charge is -2.10. The van der Waals surface area contributed by atoms with E-state index in [4.69, 9.17) is 16.7 Å². The molecule has 2 N–H and O–H groups in total. The van der Waals surface area contributed by atoms with Gasteiger partial charge in [-0.25, -0.2) is 8.78 Å². The van der Waals surface area contributed by atoms with Crippen LogP contribution in [0.1, 0.15) is 10.5 Å². The lowest BCUT2D eigenvalue weighted by atomic mass is 10.3. The summed E-state index contributed by atoms with van der Waals surface area (Å²) in [5, 5.41) is 11.2. The van der Waals surface area contributed by atoms with Crippen LogP contribution >= 0.6 is 11.6 Å². The van der Waals surface area contributed by atoms with Crippen molar-refractivity contribution < 1.29 is 18.7 Å². The molecule has 4 nitrogen and oxygen atoms in total. The largest absolute Gasteiger partial charge is 0.385 e.